The van der Waals surface area contributed by atoms with E-state index in [1.165, 1.54) is 18.4 Å². The number of hydrogen-bond donors (Lipinski definition) is 4. The summed E-state index contributed by atoms with van der Waals surface area (Å²) in [6, 6.07) is 19.1. The highest BCUT2D eigenvalue weighted by Crippen LogP contribution is 2.54. The zero-order valence-electron chi connectivity index (χ0n) is 34.5. The van der Waals surface area contributed by atoms with E-state index in [-0.39, 0.29) is 48.0 Å². The van der Waals surface area contributed by atoms with Crippen molar-refractivity contribution in [2.45, 2.75) is 99.7 Å². The van der Waals surface area contributed by atoms with Gasteiger partial charge >= 0.3 is 0 Å². The van der Waals surface area contributed by atoms with Crippen molar-refractivity contribution in [3.63, 3.8) is 0 Å². The number of amides is 1. The van der Waals surface area contributed by atoms with Crippen LogP contribution in [0.5, 0.6) is 0 Å². The molecule has 4 saturated carbocycles. The van der Waals surface area contributed by atoms with Crippen LogP contribution in [0.1, 0.15) is 92.2 Å². The lowest BCUT2D eigenvalue weighted by Crippen LogP contribution is -2.41. The molecule has 316 valence electrons. The standard InChI is InChI=1S/C47H50N12O3/c60-44-27-62-16-15-58(44)36-11-13-42(48-25-36)54-32-7-10-35(18-32)57-47-52-23-31(24-53-47)38-20-39(38)40-17-29-3-1-2-4-41(29)59(45(40)61)37-12-14-43(49-26-37)55-33-8-9-34(19-33)56-46-50-21-30(22-51-46)28-5-6-28/h1-4,11-14,17,21-26,28,32-35,38-39H,5-10,15-16,18-20,27H2,(H,48,54)(H,49,55)(H,50,51,56)(H,52,53,57)/t32-,33-,34-,35-,38?,39?/m0/s1. The minimum absolute atomic E-state index is 0.0160. The van der Waals surface area contributed by atoms with Gasteiger partial charge in [0.15, 0.2) is 0 Å². The van der Waals surface area contributed by atoms with Crippen LogP contribution in [-0.4, -0.2) is 84.3 Å². The Hall–Kier alpha value is -6.48. The Bertz CT molecular complexity index is 2620. The molecule has 6 atom stereocenters. The van der Waals surface area contributed by atoms with Gasteiger partial charge in [0.2, 0.25) is 11.9 Å². The lowest BCUT2D eigenvalue weighted by atomic mass is 10.0. The van der Waals surface area contributed by atoms with Gasteiger partial charge in [0.05, 0.1) is 35.9 Å². The van der Waals surface area contributed by atoms with Crippen molar-refractivity contribution in [1.82, 2.24) is 34.5 Å². The number of hydrogen-bond acceptors (Lipinski definition) is 13. The van der Waals surface area contributed by atoms with E-state index in [9.17, 15) is 9.59 Å². The summed E-state index contributed by atoms with van der Waals surface area (Å²) in [5.74, 6) is 3.77. The Morgan fingerprint density at radius 2 is 1.18 bits per heavy atom. The first-order valence-electron chi connectivity index (χ1n) is 22.1. The van der Waals surface area contributed by atoms with Crippen LogP contribution in [0.4, 0.5) is 29.2 Å². The normalized spacial score (nSPS) is 24.6. The molecule has 11 rings (SSSR count). The van der Waals surface area contributed by atoms with E-state index in [1.54, 1.807) is 17.3 Å². The van der Waals surface area contributed by atoms with Gasteiger partial charge in [-0.2, -0.15) is 0 Å². The molecular weight excluding hydrogens is 781 g/mol. The van der Waals surface area contributed by atoms with Crippen LogP contribution in [0.2, 0.25) is 0 Å². The maximum atomic E-state index is 14.4. The van der Waals surface area contributed by atoms with Crippen molar-refractivity contribution >= 4 is 46.0 Å². The number of rotatable bonds is 13. The molecule has 5 aliphatic rings. The molecule has 6 heterocycles. The number of pyridine rings is 3. The van der Waals surface area contributed by atoms with Gasteiger partial charge in [0, 0.05) is 61.1 Å². The van der Waals surface area contributed by atoms with Crippen LogP contribution >= 0.6 is 0 Å². The van der Waals surface area contributed by atoms with Gasteiger partial charge in [-0.15, -0.1) is 0 Å². The number of fused-ring (bicyclic) bond motifs is 1. The third-order valence-corrected chi connectivity index (χ3v) is 13.2. The van der Waals surface area contributed by atoms with Gasteiger partial charge in [-0.3, -0.25) is 14.2 Å². The third-order valence-electron chi connectivity index (χ3n) is 13.2. The van der Waals surface area contributed by atoms with Crippen LogP contribution < -0.4 is 31.7 Å². The maximum absolute atomic E-state index is 14.4. The summed E-state index contributed by atoms with van der Waals surface area (Å²) < 4.78 is 7.06. The monoisotopic (exact) mass is 830 g/mol. The Kier molecular flexibility index (Phi) is 10.2. The van der Waals surface area contributed by atoms with Crippen LogP contribution in [0.3, 0.4) is 0 Å². The molecule has 1 aliphatic heterocycles. The molecule has 1 aromatic carbocycles. The first kappa shape index (κ1) is 38.4. The zero-order valence-corrected chi connectivity index (χ0v) is 34.5. The summed E-state index contributed by atoms with van der Waals surface area (Å²) in [6.45, 7) is 1.18. The molecule has 15 nitrogen and oxygen atoms in total. The number of nitrogens with one attached hydrogen (secondary N) is 4. The molecule has 5 fully saturated rings. The molecule has 62 heavy (non-hydrogen) atoms. The van der Waals surface area contributed by atoms with E-state index < -0.39 is 0 Å². The van der Waals surface area contributed by atoms with Gasteiger partial charge in [0.25, 0.3) is 11.5 Å². The highest BCUT2D eigenvalue weighted by Gasteiger charge is 2.42. The molecule has 0 spiro atoms. The lowest BCUT2D eigenvalue weighted by Gasteiger charge is -2.26. The van der Waals surface area contributed by atoms with E-state index >= 15 is 0 Å². The molecule has 0 bridgehead atoms. The molecule has 4 N–H and O–H groups in total. The fourth-order valence-electron chi connectivity index (χ4n) is 9.65. The van der Waals surface area contributed by atoms with E-state index in [4.69, 9.17) is 19.7 Å². The minimum atomic E-state index is -0.0431. The van der Waals surface area contributed by atoms with Crippen molar-refractivity contribution in [1.29, 1.82) is 0 Å². The predicted octanol–water partition coefficient (Wildman–Crippen LogP) is 6.76. The fraction of sp³-hybridized carbons (Fsp3) is 0.404. The van der Waals surface area contributed by atoms with Gasteiger partial charge < -0.3 is 30.9 Å². The van der Waals surface area contributed by atoms with Gasteiger partial charge in [-0.05, 0) is 128 Å². The van der Waals surface area contributed by atoms with Gasteiger partial charge in [-0.1, -0.05) is 18.2 Å². The number of aromatic nitrogens is 7. The number of para-hydroxylation sites is 1. The number of morpholine rings is 1. The molecule has 1 saturated heterocycles. The number of ether oxygens (including phenoxy) is 1. The van der Waals surface area contributed by atoms with Crippen LogP contribution in [0.15, 0.2) is 96.6 Å². The van der Waals surface area contributed by atoms with Crippen molar-refractivity contribution in [3.8, 4) is 5.69 Å². The topological polar surface area (TPSA) is 177 Å². The second-order valence-electron chi connectivity index (χ2n) is 17.6. The number of carbonyl (C=O) groups excluding carboxylic acids is 1. The van der Waals surface area contributed by atoms with Crippen LogP contribution in [0.25, 0.3) is 16.6 Å². The smallest absolute Gasteiger partial charge is 0.259 e. The summed E-state index contributed by atoms with van der Waals surface area (Å²) in [5.41, 5.74) is 5.46. The second-order valence-corrected chi connectivity index (χ2v) is 17.6. The van der Waals surface area contributed by atoms with Crippen molar-refractivity contribution < 1.29 is 9.53 Å². The first-order valence-corrected chi connectivity index (χ1v) is 22.1. The van der Waals surface area contributed by atoms with E-state index in [1.807, 2.05) is 71.8 Å². The molecular formula is C47H50N12O3. The van der Waals surface area contributed by atoms with Crippen LogP contribution in [0, 0.1) is 0 Å². The highest BCUT2D eigenvalue weighted by molar-refractivity contribution is 5.94. The molecule has 2 unspecified atom stereocenters. The number of benzene rings is 1. The zero-order chi connectivity index (χ0) is 41.6. The summed E-state index contributed by atoms with van der Waals surface area (Å²) in [6.07, 6.45) is 20.6. The maximum Gasteiger partial charge on any atom is 0.259 e. The molecule has 4 aliphatic carbocycles. The lowest BCUT2D eigenvalue weighted by molar-refractivity contribution is -0.125. The molecule has 15 heteroatoms. The highest BCUT2D eigenvalue weighted by atomic mass is 16.5. The van der Waals surface area contributed by atoms with E-state index in [0.29, 0.717) is 37.0 Å². The van der Waals surface area contributed by atoms with Crippen LogP contribution in [-0.2, 0) is 9.53 Å². The molecule has 1 amide bonds. The Morgan fingerprint density at radius 3 is 1.77 bits per heavy atom. The SMILES string of the molecule is O=C1COCCN1c1ccc(N[C@H]2CC[C@H](Nc3ncc(C4CC4c4cc5ccccc5n(-c5ccc(N[C@H]6CC[C@H](Nc7ncc(C8CC8)cn7)C6)nc5)c4=O)cn3)C2)nc1. The quantitative estimate of drug-likeness (QED) is 0.0961. The summed E-state index contributed by atoms with van der Waals surface area (Å²) in [5, 5.41) is 15.2. The Balaban J connectivity index is 0.705. The Morgan fingerprint density at radius 1 is 0.581 bits per heavy atom. The fourth-order valence-corrected chi connectivity index (χ4v) is 9.65. The first-order chi connectivity index (χ1) is 30.5. The van der Waals surface area contributed by atoms with Gasteiger partial charge in [-0.25, -0.2) is 29.9 Å². The van der Waals surface area contributed by atoms with E-state index in [0.717, 1.165) is 90.0 Å². The largest absolute Gasteiger partial charge is 0.370 e. The molecule has 5 aromatic heterocycles. The van der Waals surface area contributed by atoms with E-state index in [2.05, 4.69) is 48.4 Å². The third kappa shape index (κ3) is 8.16. The van der Waals surface area contributed by atoms with Crippen molar-refractivity contribution in [2.75, 3.05) is 45.9 Å². The summed E-state index contributed by atoms with van der Waals surface area (Å²) in [4.78, 5) is 56.2. The minimum Gasteiger partial charge on any atom is -0.370 e. The number of carbonyl (C=O) groups is 1. The second kappa shape index (κ2) is 16.4. The molecule has 0 radical (unpaired) electrons. The average Bonchev–Trinajstić information content (AvgIpc) is 4.22. The summed E-state index contributed by atoms with van der Waals surface area (Å²) >= 11 is 0. The van der Waals surface area contributed by atoms with Crippen molar-refractivity contribution in [2.24, 2.45) is 0 Å². The Labute approximate surface area is 359 Å². The number of nitrogens with zero attached hydrogens (tertiary/aromatic N) is 8. The predicted molar refractivity (Wildman–Crippen MR) is 238 cm³/mol. The van der Waals surface area contributed by atoms with Gasteiger partial charge in [0.1, 0.15) is 18.2 Å². The summed E-state index contributed by atoms with van der Waals surface area (Å²) in [7, 11) is 0. The molecule has 6 aromatic rings. The number of anilines is 5. The van der Waals surface area contributed by atoms with Crippen molar-refractivity contribution in [3.05, 3.63) is 119 Å². The average molecular weight is 831 g/mol.